The van der Waals surface area contributed by atoms with Crippen molar-refractivity contribution in [2.45, 2.75) is 13.5 Å². The van der Waals surface area contributed by atoms with E-state index in [0.717, 1.165) is 23.0 Å². The van der Waals surface area contributed by atoms with E-state index in [0.29, 0.717) is 16.4 Å². The van der Waals surface area contributed by atoms with Crippen LogP contribution >= 0.6 is 23.4 Å². The molecule has 0 bridgehead atoms. The molecule has 1 N–H and O–H groups in total. The lowest BCUT2D eigenvalue weighted by Crippen LogP contribution is -2.27. The van der Waals surface area contributed by atoms with Gasteiger partial charge in [-0.1, -0.05) is 35.5 Å². The van der Waals surface area contributed by atoms with E-state index >= 15 is 0 Å². The second-order valence-electron chi connectivity index (χ2n) is 5.97. The number of nitrogens with one attached hydrogen (secondary N) is 1. The highest BCUT2D eigenvalue weighted by Gasteiger charge is 2.29. The lowest BCUT2D eigenvalue weighted by molar-refractivity contribution is -0.125. The molecule has 1 aliphatic heterocycles. The number of aromatic nitrogens is 2. The largest absolute Gasteiger partial charge is 0.323 e. The van der Waals surface area contributed by atoms with Gasteiger partial charge in [0.15, 0.2) is 0 Å². The number of benzene rings is 1. The minimum absolute atomic E-state index is 0.183. The third-order valence-corrected chi connectivity index (χ3v) is 5.31. The van der Waals surface area contributed by atoms with Crippen molar-refractivity contribution in [2.24, 2.45) is 7.05 Å². The van der Waals surface area contributed by atoms with Gasteiger partial charge in [0.05, 0.1) is 18.0 Å². The fourth-order valence-electron chi connectivity index (χ4n) is 2.59. The van der Waals surface area contributed by atoms with Crippen LogP contribution in [0.1, 0.15) is 16.8 Å². The Labute approximate surface area is 165 Å². The lowest BCUT2D eigenvalue weighted by Gasteiger charge is -2.13. The van der Waals surface area contributed by atoms with Crippen molar-refractivity contribution in [3.05, 3.63) is 52.3 Å². The molecular formula is C18H17ClN4O3S. The van der Waals surface area contributed by atoms with Crippen LogP contribution in [-0.2, 0) is 23.2 Å². The minimum Gasteiger partial charge on any atom is -0.323 e. The Hall–Kier alpha value is -2.58. The van der Waals surface area contributed by atoms with Gasteiger partial charge in [-0.15, -0.1) is 0 Å². The molecule has 0 saturated carbocycles. The number of carbonyl (C=O) groups is 3. The quantitative estimate of drug-likeness (QED) is 0.773. The standard InChI is InChI=1S/C18H17ClN4O3S/c1-11-14(17(19)22(2)21-11)7-8-15(24)20-13-5-3-12(4-6-13)9-23-16(25)10-27-18(23)26/h3-8H,9-10H2,1-2H3,(H,20,24)/b8-7+. The highest BCUT2D eigenvalue weighted by Crippen LogP contribution is 2.22. The summed E-state index contributed by atoms with van der Waals surface area (Å²) in [5.74, 6) is -0.292. The molecule has 0 unspecified atom stereocenters. The predicted octanol–water partition coefficient (Wildman–Crippen LogP) is 3.23. The van der Waals surface area contributed by atoms with Crippen LogP contribution in [0.5, 0.6) is 0 Å². The van der Waals surface area contributed by atoms with Crippen LogP contribution in [0.3, 0.4) is 0 Å². The number of aryl methyl sites for hydroxylation is 2. The zero-order valence-electron chi connectivity index (χ0n) is 14.7. The third kappa shape index (κ3) is 4.40. The van der Waals surface area contributed by atoms with E-state index in [1.54, 1.807) is 42.1 Å². The van der Waals surface area contributed by atoms with Gasteiger partial charge >= 0.3 is 0 Å². The van der Waals surface area contributed by atoms with Gasteiger partial charge in [-0.3, -0.25) is 24.0 Å². The topological polar surface area (TPSA) is 84.3 Å². The summed E-state index contributed by atoms with van der Waals surface area (Å²) in [6.07, 6.45) is 3.01. The van der Waals surface area contributed by atoms with Crippen LogP contribution in [0.4, 0.5) is 10.5 Å². The normalized spacial score (nSPS) is 14.4. The molecule has 3 amide bonds. The Bertz CT molecular complexity index is 921. The summed E-state index contributed by atoms with van der Waals surface area (Å²) in [4.78, 5) is 36.6. The number of thioether (sulfide) groups is 1. The first kappa shape index (κ1) is 19.2. The van der Waals surface area contributed by atoms with Crippen LogP contribution in [-0.4, -0.2) is 37.5 Å². The van der Waals surface area contributed by atoms with Gasteiger partial charge in [0, 0.05) is 24.4 Å². The van der Waals surface area contributed by atoms with Gasteiger partial charge < -0.3 is 5.32 Å². The molecule has 0 spiro atoms. The molecule has 1 saturated heterocycles. The third-order valence-electron chi connectivity index (χ3n) is 4.00. The number of carbonyl (C=O) groups excluding carboxylic acids is 3. The second kappa shape index (κ2) is 7.98. The van der Waals surface area contributed by atoms with Crippen molar-refractivity contribution < 1.29 is 14.4 Å². The fourth-order valence-corrected chi connectivity index (χ4v) is 3.55. The number of amides is 3. The summed E-state index contributed by atoms with van der Waals surface area (Å²) in [5, 5.41) is 7.17. The maximum Gasteiger partial charge on any atom is 0.289 e. The summed E-state index contributed by atoms with van der Waals surface area (Å²) >= 11 is 7.14. The van der Waals surface area contributed by atoms with Crippen molar-refractivity contribution >= 4 is 52.2 Å². The van der Waals surface area contributed by atoms with Gasteiger partial charge in [-0.05, 0) is 30.7 Å². The number of anilines is 1. The van der Waals surface area contributed by atoms with Gasteiger partial charge in [0.1, 0.15) is 5.15 Å². The molecule has 9 heteroatoms. The Balaban J connectivity index is 1.61. The van der Waals surface area contributed by atoms with Gasteiger partial charge in [0.2, 0.25) is 11.8 Å². The molecule has 27 heavy (non-hydrogen) atoms. The summed E-state index contributed by atoms with van der Waals surface area (Å²) in [5.41, 5.74) is 2.85. The van der Waals surface area contributed by atoms with Crippen LogP contribution in [0, 0.1) is 6.92 Å². The van der Waals surface area contributed by atoms with Gasteiger partial charge in [0.25, 0.3) is 5.24 Å². The van der Waals surface area contributed by atoms with Crippen LogP contribution in [0.25, 0.3) is 6.08 Å². The zero-order chi connectivity index (χ0) is 19.6. The molecule has 140 valence electrons. The summed E-state index contributed by atoms with van der Waals surface area (Å²) < 4.78 is 1.54. The maximum atomic E-state index is 12.1. The van der Waals surface area contributed by atoms with E-state index in [2.05, 4.69) is 10.4 Å². The first-order valence-electron chi connectivity index (χ1n) is 8.09. The number of halogens is 1. The van der Waals surface area contributed by atoms with Crippen molar-refractivity contribution in [1.29, 1.82) is 0 Å². The monoisotopic (exact) mass is 404 g/mol. The summed E-state index contributed by atoms with van der Waals surface area (Å²) in [6.45, 7) is 2.05. The van der Waals surface area contributed by atoms with E-state index in [1.807, 2.05) is 6.92 Å². The molecule has 7 nitrogen and oxygen atoms in total. The van der Waals surface area contributed by atoms with Crippen molar-refractivity contribution in [3.63, 3.8) is 0 Å². The molecular weight excluding hydrogens is 388 g/mol. The van der Waals surface area contributed by atoms with Gasteiger partial charge in [-0.2, -0.15) is 5.10 Å². The number of nitrogens with zero attached hydrogens (tertiary/aromatic N) is 3. The van der Waals surface area contributed by atoms with E-state index in [1.165, 1.54) is 11.0 Å². The Morgan fingerprint density at radius 2 is 2.04 bits per heavy atom. The molecule has 0 atom stereocenters. The van der Waals surface area contributed by atoms with E-state index in [-0.39, 0.29) is 29.4 Å². The van der Waals surface area contributed by atoms with Crippen molar-refractivity contribution in [1.82, 2.24) is 14.7 Å². The highest BCUT2D eigenvalue weighted by atomic mass is 35.5. The van der Waals surface area contributed by atoms with Crippen LogP contribution in [0.15, 0.2) is 30.3 Å². The van der Waals surface area contributed by atoms with E-state index in [4.69, 9.17) is 11.6 Å². The SMILES string of the molecule is Cc1nn(C)c(Cl)c1/C=C/C(=O)Nc1ccc(CN2C(=O)CSC2=O)cc1. The molecule has 1 aromatic carbocycles. The van der Waals surface area contributed by atoms with Gasteiger partial charge in [-0.25, -0.2) is 0 Å². The predicted molar refractivity (Wildman–Crippen MR) is 105 cm³/mol. The number of hydrogen-bond donors (Lipinski definition) is 1. The van der Waals surface area contributed by atoms with E-state index < -0.39 is 0 Å². The summed E-state index contributed by atoms with van der Waals surface area (Å²) in [6, 6.07) is 6.99. The van der Waals surface area contributed by atoms with Crippen molar-refractivity contribution in [2.75, 3.05) is 11.1 Å². The van der Waals surface area contributed by atoms with Crippen LogP contribution in [0.2, 0.25) is 5.15 Å². The first-order valence-corrected chi connectivity index (χ1v) is 9.45. The Morgan fingerprint density at radius 3 is 2.59 bits per heavy atom. The zero-order valence-corrected chi connectivity index (χ0v) is 16.3. The molecule has 2 heterocycles. The second-order valence-corrected chi connectivity index (χ2v) is 7.25. The number of imide groups is 1. The molecule has 2 aromatic rings. The lowest BCUT2D eigenvalue weighted by atomic mass is 10.2. The van der Waals surface area contributed by atoms with Crippen LogP contribution < -0.4 is 5.32 Å². The van der Waals surface area contributed by atoms with E-state index in [9.17, 15) is 14.4 Å². The Morgan fingerprint density at radius 1 is 1.33 bits per heavy atom. The number of rotatable bonds is 5. The fraction of sp³-hybridized carbons (Fsp3) is 0.222. The Kier molecular flexibility index (Phi) is 5.67. The molecule has 1 aliphatic rings. The average Bonchev–Trinajstić information content (AvgIpc) is 3.07. The maximum absolute atomic E-state index is 12.1. The minimum atomic E-state index is -0.302. The molecule has 1 fully saturated rings. The summed E-state index contributed by atoms with van der Waals surface area (Å²) in [7, 11) is 1.73. The molecule has 0 aliphatic carbocycles. The smallest absolute Gasteiger partial charge is 0.289 e. The molecule has 1 aromatic heterocycles. The van der Waals surface area contributed by atoms with Crippen molar-refractivity contribution in [3.8, 4) is 0 Å². The average molecular weight is 405 g/mol. The molecule has 0 radical (unpaired) electrons. The molecule has 3 rings (SSSR count). The highest BCUT2D eigenvalue weighted by molar-refractivity contribution is 8.14. The number of hydrogen-bond acceptors (Lipinski definition) is 5. The first-order chi connectivity index (χ1) is 12.8.